The lowest BCUT2D eigenvalue weighted by molar-refractivity contribution is -0.117. The van der Waals surface area contributed by atoms with Gasteiger partial charge in [-0.25, -0.2) is 0 Å². The van der Waals surface area contributed by atoms with Crippen molar-refractivity contribution < 1.29 is 4.79 Å². The van der Waals surface area contributed by atoms with Gasteiger partial charge in [0.15, 0.2) is 0 Å². The first-order valence-corrected chi connectivity index (χ1v) is 4.66. The van der Waals surface area contributed by atoms with E-state index in [9.17, 15) is 4.79 Å². The van der Waals surface area contributed by atoms with Gasteiger partial charge in [-0.2, -0.15) is 0 Å². The van der Waals surface area contributed by atoms with E-state index in [1.807, 2.05) is 19.9 Å². The van der Waals surface area contributed by atoms with Crippen LogP contribution in [0.5, 0.6) is 0 Å². The maximum absolute atomic E-state index is 11.5. The highest BCUT2D eigenvalue weighted by atomic mass is 16.1. The van der Waals surface area contributed by atoms with Crippen LogP contribution in [0.2, 0.25) is 0 Å². The molecule has 1 aromatic heterocycles. The largest absolute Gasteiger partial charge is 0.366 e. The Morgan fingerprint density at radius 1 is 1.64 bits per heavy atom. The predicted molar refractivity (Wildman–Crippen MR) is 56.9 cm³/mol. The Labute approximate surface area is 83.9 Å². The van der Waals surface area contributed by atoms with Crippen LogP contribution >= 0.6 is 0 Å². The summed E-state index contributed by atoms with van der Waals surface area (Å²) in [6, 6.07) is 1.81. The summed E-state index contributed by atoms with van der Waals surface area (Å²) in [5.41, 5.74) is 6.20. The maximum atomic E-state index is 11.5. The summed E-state index contributed by atoms with van der Waals surface area (Å²) in [6.07, 6.45) is 3.95. The summed E-state index contributed by atoms with van der Waals surface area (Å²) in [5, 5.41) is 2.79. The van der Waals surface area contributed by atoms with Crippen molar-refractivity contribution in [1.29, 1.82) is 0 Å². The first-order chi connectivity index (χ1) is 6.53. The zero-order valence-electron chi connectivity index (χ0n) is 8.63. The Hall–Kier alpha value is -1.29. The highest BCUT2D eigenvalue weighted by Gasteiger charge is 2.19. The molecule has 0 saturated heterocycles. The van der Waals surface area contributed by atoms with Gasteiger partial charge in [-0.3, -0.25) is 4.79 Å². The number of hydrogen-bond donors (Lipinski definition) is 3. The van der Waals surface area contributed by atoms with Gasteiger partial charge in [0.05, 0.1) is 5.69 Å². The molecule has 4 nitrogen and oxygen atoms in total. The smallest absolute Gasteiger partial charge is 0.224 e. The second kappa shape index (κ2) is 4.28. The molecule has 1 heterocycles. The molecule has 0 saturated carbocycles. The number of carbonyl (C=O) groups excluding carboxylic acids is 1. The lowest BCUT2D eigenvalue weighted by atomic mass is 9.89. The van der Waals surface area contributed by atoms with Crippen LogP contribution in [0.15, 0.2) is 18.5 Å². The van der Waals surface area contributed by atoms with Gasteiger partial charge in [-0.15, -0.1) is 0 Å². The fourth-order valence-electron chi connectivity index (χ4n) is 1.11. The van der Waals surface area contributed by atoms with Gasteiger partial charge in [0.1, 0.15) is 0 Å². The van der Waals surface area contributed by atoms with E-state index in [0.29, 0.717) is 13.0 Å². The normalized spacial score (nSPS) is 11.4. The summed E-state index contributed by atoms with van der Waals surface area (Å²) in [5.74, 6) is 0.0000463. The van der Waals surface area contributed by atoms with Crippen LogP contribution in [0.1, 0.15) is 20.3 Å². The molecule has 0 fully saturated rings. The number of aromatic amines is 1. The van der Waals surface area contributed by atoms with E-state index in [4.69, 9.17) is 5.73 Å². The van der Waals surface area contributed by atoms with Gasteiger partial charge in [-0.1, -0.05) is 13.8 Å². The lowest BCUT2D eigenvalue weighted by Gasteiger charge is -2.20. The fourth-order valence-corrected chi connectivity index (χ4v) is 1.11. The first kappa shape index (κ1) is 10.8. The maximum Gasteiger partial charge on any atom is 0.224 e. The van der Waals surface area contributed by atoms with Gasteiger partial charge >= 0.3 is 0 Å². The van der Waals surface area contributed by atoms with Crippen molar-refractivity contribution in [2.45, 2.75) is 20.3 Å². The lowest BCUT2D eigenvalue weighted by Crippen LogP contribution is -2.29. The van der Waals surface area contributed by atoms with Crippen molar-refractivity contribution in [3.05, 3.63) is 18.5 Å². The van der Waals surface area contributed by atoms with Gasteiger partial charge in [-0.05, 0) is 18.0 Å². The summed E-state index contributed by atoms with van der Waals surface area (Å²) < 4.78 is 0. The topological polar surface area (TPSA) is 70.9 Å². The van der Waals surface area contributed by atoms with Crippen molar-refractivity contribution in [1.82, 2.24) is 4.98 Å². The molecule has 1 rings (SSSR count). The standard InChI is InChI=1S/C10H17N3O/c1-10(2,7-11)5-9(14)13-8-3-4-12-6-8/h3-4,6,12H,5,7,11H2,1-2H3,(H,13,14). The van der Waals surface area contributed by atoms with Crippen molar-refractivity contribution in [3.63, 3.8) is 0 Å². The van der Waals surface area contributed by atoms with Crippen LogP contribution in [0.3, 0.4) is 0 Å². The molecule has 4 heteroatoms. The van der Waals surface area contributed by atoms with Crippen molar-refractivity contribution in [3.8, 4) is 0 Å². The molecule has 0 spiro atoms. The number of hydrogen-bond acceptors (Lipinski definition) is 2. The van der Waals surface area contributed by atoms with Crippen LogP contribution in [-0.2, 0) is 4.79 Å². The number of anilines is 1. The van der Waals surface area contributed by atoms with Gasteiger partial charge in [0.2, 0.25) is 5.91 Å². The zero-order valence-corrected chi connectivity index (χ0v) is 8.63. The van der Waals surface area contributed by atoms with Gasteiger partial charge in [0, 0.05) is 18.8 Å². The summed E-state index contributed by atoms with van der Waals surface area (Å²) in [7, 11) is 0. The third-order valence-electron chi connectivity index (χ3n) is 2.07. The summed E-state index contributed by atoms with van der Waals surface area (Å²) >= 11 is 0. The number of nitrogens with one attached hydrogen (secondary N) is 2. The number of H-pyrrole nitrogens is 1. The quantitative estimate of drug-likeness (QED) is 0.678. The second-order valence-corrected chi connectivity index (χ2v) is 4.19. The summed E-state index contributed by atoms with van der Waals surface area (Å²) in [6.45, 7) is 4.46. The SMILES string of the molecule is CC(C)(CN)CC(=O)Nc1cc[nH]c1. The van der Waals surface area contributed by atoms with E-state index in [1.165, 1.54) is 0 Å². The number of rotatable bonds is 4. The molecule has 0 unspecified atom stereocenters. The predicted octanol–water partition coefficient (Wildman–Crippen LogP) is 1.33. The molecule has 4 N–H and O–H groups in total. The Kier molecular flexibility index (Phi) is 3.30. The minimum atomic E-state index is -0.139. The van der Waals surface area contributed by atoms with E-state index < -0.39 is 0 Å². The summed E-state index contributed by atoms with van der Waals surface area (Å²) in [4.78, 5) is 14.4. The number of carbonyl (C=O) groups is 1. The molecule has 1 aromatic rings. The molecular formula is C10H17N3O. The third-order valence-corrected chi connectivity index (χ3v) is 2.07. The molecule has 0 aliphatic rings. The van der Waals surface area contributed by atoms with Crippen LogP contribution in [0.25, 0.3) is 0 Å². The molecule has 0 bridgehead atoms. The molecule has 0 radical (unpaired) electrons. The van der Waals surface area contributed by atoms with Gasteiger partial charge in [0.25, 0.3) is 0 Å². The average molecular weight is 195 g/mol. The number of aromatic nitrogens is 1. The monoisotopic (exact) mass is 195 g/mol. The molecule has 1 amide bonds. The Bertz CT molecular complexity index is 290. The number of amides is 1. The molecule has 0 aliphatic heterocycles. The van der Waals surface area contributed by atoms with E-state index in [2.05, 4.69) is 10.3 Å². The van der Waals surface area contributed by atoms with Crippen LogP contribution in [0, 0.1) is 5.41 Å². The highest BCUT2D eigenvalue weighted by Crippen LogP contribution is 2.18. The van der Waals surface area contributed by atoms with Crippen molar-refractivity contribution in [2.75, 3.05) is 11.9 Å². The first-order valence-electron chi connectivity index (χ1n) is 4.66. The molecule has 0 atom stereocenters. The fraction of sp³-hybridized carbons (Fsp3) is 0.500. The number of nitrogens with two attached hydrogens (primary N) is 1. The zero-order chi connectivity index (χ0) is 10.6. The molecule has 0 aromatic carbocycles. The van der Waals surface area contributed by atoms with E-state index in [1.54, 1.807) is 12.4 Å². The molecule has 0 aliphatic carbocycles. The minimum Gasteiger partial charge on any atom is -0.366 e. The third kappa shape index (κ3) is 3.22. The van der Waals surface area contributed by atoms with Crippen LogP contribution in [-0.4, -0.2) is 17.4 Å². The average Bonchev–Trinajstić information content (AvgIpc) is 2.55. The molecule has 78 valence electrons. The van der Waals surface area contributed by atoms with Gasteiger partial charge < -0.3 is 16.0 Å². The van der Waals surface area contributed by atoms with E-state index >= 15 is 0 Å². The van der Waals surface area contributed by atoms with Crippen molar-refractivity contribution in [2.24, 2.45) is 11.1 Å². The van der Waals surface area contributed by atoms with E-state index in [0.717, 1.165) is 5.69 Å². The Morgan fingerprint density at radius 2 is 2.36 bits per heavy atom. The van der Waals surface area contributed by atoms with Crippen molar-refractivity contribution >= 4 is 11.6 Å². The van der Waals surface area contributed by atoms with Crippen LogP contribution in [0.4, 0.5) is 5.69 Å². The Morgan fingerprint density at radius 3 is 2.86 bits per heavy atom. The second-order valence-electron chi connectivity index (χ2n) is 4.19. The Balaban J connectivity index is 2.44. The van der Waals surface area contributed by atoms with E-state index in [-0.39, 0.29) is 11.3 Å². The molecule has 14 heavy (non-hydrogen) atoms. The minimum absolute atomic E-state index is 0.0000463. The highest BCUT2D eigenvalue weighted by molar-refractivity contribution is 5.90. The van der Waals surface area contributed by atoms with Crippen LogP contribution < -0.4 is 11.1 Å². The molecular weight excluding hydrogens is 178 g/mol.